The van der Waals surface area contributed by atoms with Gasteiger partial charge in [0.05, 0.1) is 6.61 Å². The van der Waals surface area contributed by atoms with E-state index in [0.717, 1.165) is 0 Å². The summed E-state index contributed by atoms with van der Waals surface area (Å²) < 4.78 is 52.2. The summed E-state index contributed by atoms with van der Waals surface area (Å²) >= 11 is 0. The zero-order valence-corrected chi connectivity index (χ0v) is 10.3. The lowest BCUT2D eigenvalue weighted by Gasteiger charge is -2.24. The third-order valence-corrected chi connectivity index (χ3v) is 2.45. The van der Waals surface area contributed by atoms with Crippen LogP contribution >= 0.6 is 0 Å². The molecule has 0 saturated carbocycles. The maximum Gasteiger partial charge on any atom is 0.522 e. The number of rotatable bonds is 7. The molecule has 0 spiro atoms. The summed E-state index contributed by atoms with van der Waals surface area (Å²) in [7, 11) is 0. The topological polar surface area (TPSA) is 38.5 Å². The van der Waals surface area contributed by atoms with Crippen molar-refractivity contribution in [1.29, 1.82) is 0 Å². The highest BCUT2D eigenvalue weighted by Crippen LogP contribution is 2.18. The average Bonchev–Trinajstić information content (AvgIpc) is 2.33. The molecule has 1 aromatic carbocycles. The van der Waals surface area contributed by atoms with Crippen molar-refractivity contribution in [1.82, 2.24) is 0 Å². The van der Waals surface area contributed by atoms with E-state index in [1.165, 1.54) is 24.3 Å². The van der Waals surface area contributed by atoms with Crippen LogP contribution in [0.1, 0.15) is 6.42 Å². The Morgan fingerprint density at radius 2 is 1.74 bits per heavy atom. The van der Waals surface area contributed by atoms with Gasteiger partial charge in [-0.25, -0.2) is 4.39 Å². The van der Waals surface area contributed by atoms with Crippen molar-refractivity contribution in [3.63, 3.8) is 0 Å². The third kappa shape index (κ3) is 6.40. The molecule has 0 bridgehead atoms. The van der Waals surface area contributed by atoms with Gasteiger partial charge in [-0.1, -0.05) is 0 Å². The molecule has 0 aliphatic heterocycles. The number of nitrogens with zero attached hydrogens (tertiary/aromatic N) is 1. The van der Waals surface area contributed by atoms with Crippen molar-refractivity contribution in [3.05, 3.63) is 30.1 Å². The third-order valence-electron chi connectivity index (χ3n) is 2.45. The maximum absolute atomic E-state index is 12.8. The van der Waals surface area contributed by atoms with Crippen LogP contribution in [0, 0.1) is 5.82 Å². The molecule has 0 fully saturated rings. The summed E-state index contributed by atoms with van der Waals surface area (Å²) in [4.78, 5) is 1.68. The van der Waals surface area contributed by atoms with E-state index in [1.54, 1.807) is 4.90 Å². The lowest BCUT2D eigenvalue weighted by molar-refractivity contribution is -0.323. The van der Waals surface area contributed by atoms with E-state index in [4.69, 9.17) is 5.73 Å². The van der Waals surface area contributed by atoms with Gasteiger partial charge in [-0.3, -0.25) is 4.74 Å². The molecule has 0 amide bonds. The SMILES string of the molecule is NCCCN(CCOC(F)(F)F)c1ccc(F)cc1. The highest BCUT2D eigenvalue weighted by Gasteiger charge is 2.28. The van der Waals surface area contributed by atoms with Crippen molar-refractivity contribution in [2.24, 2.45) is 5.73 Å². The number of ether oxygens (including phenoxy) is 1. The Labute approximate surface area is 108 Å². The molecule has 1 rings (SSSR count). The van der Waals surface area contributed by atoms with Crippen molar-refractivity contribution in [3.8, 4) is 0 Å². The smallest absolute Gasteiger partial charge is 0.369 e. The lowest BCUT2D eigenvalue weighted by atomic mass is 10.2. The minimum atomic E-state index is -4.64. The number of nitrogens with two attached hydrogens (primary N) is 1. The molecule has 0 radical (unpaired) electrons. The van der Waals surface area contributed by atoms with Crippen LogP contribution in [0.3, 0.4) is 0 Å². The molecular weight excluding hydrogens is 264 g/mol. The van der Waals surface area contributed by atoms with Gasteiger partial charge in [-0.2, -0.15) is 0 Å². The summed E-state index contributed by atoms with van der Waals surface area (Å²) in [6, 6.07) is 5.55. The van der Waals surface area contributed by atoms with Gasteiger partial charge in [0, 0.05) is 18.8 Å². The van der Waals surface area contributed by atoms with Crippen molar-refractivity contribution in [2.45, 2.75) is 12.8 Å². The number of hydrogen-bond acceptors (Lipinski definition) is 3. The number of alkyl halides is 3. The summed E-state index contributed by atoms with van der Waals surface area (Å²) in [5.41, 5.74) is 6.02. The van der Waals surface area contributed by atoms with Crippen LogP contribution < -0.4 is 10.6 Å². The van der Waals surface area contributed by atoms with E-state index in [0.29, 0.717) is 25.2 Å². The van der Waals surface area contributed by atoms with E-state index in [9.17, 15) is 17.6 Å². The molecule has 108 valence electrons. The van der Waals surface area contributed by atoms with E-state index >= 15 is 0 Å². The summed E-state index contributed by atoms with van der Waals surface area (Å²) in [6.07, 6.45) is -4.01. The molecule has 0 aromatic heterocycles. The maximum atomic E-state index is 12.8. The Kier molecular flexibility index (Phi) is 6.04. The molecular formula is C12H16F4N2O. The summed E-state index contributed by atoms with van der Waals surface area (Å²) in [6.45, 7) is 0.498. The first-order valence-electron chi connectivity index (χ1n) is 5.83. The van der Waals surface area contributed by atoms with Crippen LogP contribution in [0.15, 0.2) is 24.3 Å². The first-order valence-corrected chi connectivity index (χ1v) is 5.83. The molecule has 0 saturated heterocycles. The Hall–Kier alpha value is -1.34. The zero-order chi connectivity index (χ0) is 14.3. The molecule has 0 unspecified atom stereocenters. The van der Waals surface area contributed by atoms with Gasteiger partial charge >= 0.3 is 6.36 Å². The standard InChI is InChI=1S/C12H16F4N2O/c13-10-2-4-11(5-3-10)18(7-1-6-17)8-9-19-12(14,15)16/h2-5H,1,6-9,17H2. The molecule has 0 atom stereocenters. The van der Waals surface area contributed by atoms with E-state index < -0.39 is 18.8 Å². The van der Waals surface area contributed by atoms with E-state index in [1.807, 2.05) is 0 Å². The van der Waals surface area contributed by atoms with Gasteiger partial charge < -0.3 is 10.6 Å². The first kappa shape index (κ1) is 15.7. The second-order valence-corrected chi connectivity index (χ2v) is 3.90. The molecule has 0 heterocycles. The fourth-order valence-electron chi connectivity index (χ4n) is 1.58. The number of hydrogen-bond donors (Lipinski definition) is 1. The highest BCUT2D eigenvalue weighted by molar-refractivity contribution is 5.46. The monoisotopic (exact) mass is 280 g/mol. The van der Waals surface area contributed by atoms with Crippen molar-refractivity contribution >= 4 is 5.69 Å². The van der Waals surface area contributed by atoms with Crippen LogP contribution in [0.4, 0.5) is 23.2 Å². The van der Waals surface area contributed by atoms with E-state index in [2.05, 4.69) is 4.74 Å². The molecule has 2 N–H and O–H groups in total. The normalized spacial score (nSPS) is 11.6. The predicted molar refractivity (Wildman–Crippen MR) is 64.3 cm³/mol. The minimum absolute atomic E-state index is 0.0607. The Bertz CT molecular complexity index is 367. The van der Waals surface area contributed by atoms with Crippen LogP contribution in [-0.4, -0.2) is 32.6 Å². The quantitative estimate of drug-likeness (QED) is 0.780. The van der Waals surface area contributed by atoms with Crippen LogP contribution in [-0.2, 0) is 4.74 Å². The predicted octanol–water partition coefficient (Wildman–Crippen LogP) is 2.52. The molecule has 3 nitrogen and oxygen atoms in total. The largest absolute Gasteiger partial charge is 0.522 e. The van der Waals surface area contributed by atoms with Crippen molar-refractivity contribution in [2.75, 3.05) is 31.1 Å². The molecule has 19 heavy (non-hydrogen) atoms. The number of anilines is 1. The van der Waals surface area contributed by atoms with Gasteiger partial charge in [0.2, 0.25) is 0 Å². The first-order chi connectivity index (χ1) is 8.92. The second-order valence-electron chi connectivity index (χ2n) is 3.90. The van der Waals surface area contributed by atoms with Crippen LogP contribution in [0.25, 0.3) is 0 Å². The lowest BCUT2D eigenvalue weighted by Crippen LogP contribution is -2.31. The van der Waals surface area contributed by atoms with Crippen LogP contribution in [0.5, 0.6) is 0 Å². The van der Waals surface area contributed by atoms with Gasteiger partial charge in [0.25, 0.3) is 0 Å². The second kappa shape index (κ2) is 7.30. The fourth-order valence-corrected chi connectivity index (χ4v) is 1.58. The zero-order valence-electron chi connectivity index (χ0n) is 10.3. The Balaban J connectivity index is 2.58. The summed E-state index contributed by atoms with van der Waals surface area (Å²) in [5, 5.41) is 0. The van der Waals surface area contributed by atoms with Gasteiger partial charge in [0.15, 0.2) is 0 Å². The van der Waals surface area contributed by atoms with Crippen LogP contribution in [0.2, 0.25) is 0 Å². The highest BCUT2D eigenvalue weighted by atomic mass is 19.4. The van der Waals surface area contributed by atoms with Gasteiger partial charge in [0.1, 0.15) is 5.82 Å². The van der Waals surface area contributed by atoms with Gasteiger partial charge in [-0.15, -0.1) is 13.2 Å². The Morgan fingerprint density at radius 1 is 1.11 bits per heavy atom. The molecule has 1 aromatic rings. The number of halogens is 4. The van der Waals surface area contributed by atoms with Crippen molar-refractivity contribution < 1.29 is 22.3 Å². The minimum Gasteiger partial charge on any atom is -0.369 e. The molecule has 0 aliphatic rings. The fraction of sp³-hybridized carbons (Fsp3) is 0.500. The van der Waals surface area contributed by atoms with E-state index in [-0.39, 0.29) is 6.54 Å². The number of benzene rings is 1. The Morgan fingerprint density at radius 3 is 2.26 bits per heavy atom. The molecule has 7 heteroatoms. The summed E-state index contributed by atoms with van der Waals surface area (Å²) in [5.74, 6) is -0.394. The van der Waals surface area contributed by atoms with Gasteiger partial charge in [-0.05, 0) is 37.2 Å². The average molecular weight is 280 g/mol. The molecule has 0 aliphatic carbocycles.